The highest BCUT2D eigenvalue weighted by Crippen LogP contribution is 2.39. The van der Waals surface area contributed by atoms with Gasteiger partial charge in [0.05, 0.1) is 5.56 Å². The summed E-state index contributed by atoms with van der Waals surface area (Å²) in [6, 6.07) is 15.5. The summed E-state index contributed by atoms with van der Waals surface area (Å²) in [4.78, 5) is 15.7. The van der Waals surface area contributed by atoms with E-state index in [1.165, 1.54) is 17.8 Å². The lowest BCUT2D eigenvalue weighted by Crippen LogP contribution is -2.29. The molecule has 0 aliphatic carbocycles. The predicted octanol–water partition coefficient (Wildman–Crippen LogP) is 3.64. The summed E-state index contributed by atoms with van der Waals surface area (Å²) in [6.45, 7) is 1.64. The summed E-state index contributed by atoms with van der Waals surface area (Å²) in [5.41, 5.74) is 0.197. The minimum atomic E-state index is -1.17. The first-order valence-electron chi connectivity index (χ1n) is 6.39. The maximum absolute atomic E-state index is 13.8. The maximum Gasteiger partial charge on any atom is 0.303 e. The molecule has 1 aliphatic rings. The van der Waals surface area contributed by atoms with Crippen LogP contribution in [-0.4, -0.2) is 16.7 Å². The van der Waals surface area contributed by atoms with E-state index in [1.807, 2.05) is 30.3 Å². The lowest BCUT2D eigenvalue weighted by molar-refractivity contribution is -0.123. The van der Waals surface area contributed by atoms with Crippen LogP contribution in [0.2, 0.25) is 0 Å². The number of benzene rings is 2. The Morgan fingerprint density at radius 3 is 2.48 bits per heavy atom. The van der Waals surface area contributed by atoms with Crippen LogP contribution >= 0.6 is 11.8 Å². The maximum atomic E-state index is 13.8. The van der Waals surface area contributed by atoms with Crippen LogP contribution in [0.4, 0.5) is 4.39 Å². The molecule has 5 heteroatoms. The molecular weight excluding hydrogens is 289 g/mol. The van der Waals surface area contributed by atoms with Gasteiger partial charge in [-0.15, -0.1) is 0 Å². The summed E-state index contributed by atoms with van der Waals surface area (Å²) in [5, 5.41) is 0. The van der Waals surface area contributed by atoms with Gasteiger partial charge in [-0.25, -0.2) is 4.39 Å². The van der Waals surface area contributed by atoms with Crippen LogP contribution in [0, 0.1) is 5.82 Å². The van der Waals surface area contributed by atoms with Gasteiger partial charge in [-0.2, -0.15) is 4.99 Å². The number of nitrogens with zero attached hydrogens (tertiary/aromatic N) is 1. The molecule has 2 aromatic carbocycles. The van der Waals surface area contributed by atoms with Crippen molar-refractivity contribution in [3.05, 3.63) is 66.0 Å². The van der Waals surface area contributed by atoms with Crippen LogP contribution in [0.25, 0.3) is 0 Å². The van der Waals surface area contributed by atoms with E-state index in [1.54, 1.807) is 25.1 Å². The minimum Gasteiger partial charge on any atom is -0.449 e. The molecule has 3 nitrogen and oxygen atoms in total. The van der Waals surface area contributed by atoms with Gasteiger partial charge in [-0.05, 0) is 31.2 Å². The largest absolute Gasteiger partial charge is 0.449 e. The van der Waals surface area contributed by atoms with E-state index in [9.17, 15) is 9.18 Å². The van der Waals surface area contributed by atoms with Gasteiger partial charge >= 0.3 is 5.91 Å². The number of rotatable bonds is 3. The van der Waals surface area contributed by atoms with Crippen molar-refractivity contribution in [1.29, 1.82) is 0 Å². The topological polar surface area (TPSA) is 38.7 Å². The van der Waals surface area contributed by atoms with Gasteiger partial charge in [0.1, 0.15) is 5.82 Å². The van der Waals surface area contributed by atoms with Crippen LogP contribution in [0.3, 0.4) is 0 Å². The first kappa shape index (κ1) is 13.8. The molecule has 0 aromatic heterocycles. The van der Waals surface area contributed by atoms with Crippen molar-refractivity contribution >= 4 is 23.6 Å². The number of hydrogen-bond acceptors (Lipinski definition) is 3. The average molecular weight is 301 g/mol. The van der Waals surface area contributed by atoms with Gasteiger partial charge in [0.15, 0.2) is 0 Å². The molecule has 0 radical (unpaired) electrons. The van der Waals surface area contributed by atoms with E-state index in [2.05, 4.69) is 4.99 Å². The molecule has 1 heterocycles. The van der Waals surface area contributed by atoms with Gasteiger partial charge < -0.3 is 4.74 Å². The molecule has 3 rings (SSSR count). The van der Waals surface area contributed by atoms with Crippen molar-refractivity contribution in [3.8, 4) is 0 Å². The Morgan fingerprint density at radius 1 is 1.10 bits per heavy atom. The monoisotopic (exact) mass is 301 g/mol. The van der Waals surface area contributed by atoms with E-state index >= 15 is 0 Å². The Kier molecular flexibility index (Phi) is 3.51. The summed E-state index contributed by atoms with van der Waals surface area (Å²) in [6.07, 6.45) is 0. The number of halogens is 1. The summed E-state index contributed by atoms with van der Waals surface area (Å²) in [5.74, 6) is -0.850. The third kappa shape index (κ3) is 2.69. The molecule has 0 bridgehead atoms. The number of amides is 1. The zero-order valence-electron chi connectivity index (χ0n) is 11.2. The zero-order valence-corrected chi connectivity index (χ0v) is 12.1. The smallest absolute Gasteiger partial charge is 0.303 e. The SMILES string of the molecule is C[C@@]1(Sc2ccccc2)OC(c2ccccc2F)=NC1=O. The highest BCUT2D eigenvalue weighted by atomic mass is 32.2. The molecule has 0 spiro atoms. The number of carbonyl (C=O) groups excluding carboxylic acids is 1. The zero-order chi connectivity index (χ0) is 14.9. The number of hydrogen-bond donors (Lipinski definition) is 0. The number of carbonyl (C=O) groups is 1. The van der Waals surface area contributed by atoms with Crippen LogP contribution in [-0.2, 0) is 9.53 Å². The second kappa shape index (κ2) is 5.33. The van der Waals surface area contributed by atoms with Gasteiger partial charge in [0, 0.05) is 4.90 Å². The van der Waals surface area contributed by atoms with Gasteiger partial charge in [0.2, 0.25) is 10.8 Å². The van der Waals surface area contributed by atoms with E-state index in [0.29, 0.717) is 0 Å². The van der Waals surface area contributed by atoms with Crippen LogP contribution < -0.4 is 0 Å². The lowest BCUT2D eigenvalue weighted by Gasteiger charge is -2.21. The number of aliphatic imine (C=N–C) groups is 1. The number of thioether (sulfide) groups is 1. The Hall–Kier alpha value is -2.14. The highest BCUT2D eigenvalue weighted by molar-refractivity contribution is 8.01. The minimum absolute atomic E-state index is 0.0315. The van der Waals surface area contributed by atoms with E-state index in [-0.39, 0.29) is 11.5 Å². The Morgan fingerprint density at radius 2 is 1.76 bits per heavy atom. The van der Waals surface area contributed by atoms with Crippen molar-refractivity contribution < 1.29 is 13.9 Å². The Bertz CT molecular complexity index is 717. The molecule has 0 saturated carbocycles. The molecule has 0 N–H and O–H groups in total. The first-order chi connectivity index (χ1) is 10.1. The Labute approximate surface area is 125 Å². The summed E-state index contributed by atoms with van der Waals surface area (Å²) >= 11 is 1.26. The molecule has 1 aliphatic heterocycles. The first-order valence-corrected chi connectivity index (χ1v) is 7.21. The highest BCUT2D eigenvalue weighted by Gasteiger charge is 2.44. The van der Waals surface area contributed by atoms with E-state index < -0.39 is 16.7 Å². The second-order valence-corrected chi connectivity index (χ2v) is 6.12. The average Bonchev–Trinajstić information content (AvgIpc) is 2.76. The van der Waals surface area contributed by atoms with Crippen LogP contribution in [0.1, 0.15) is 12.5 Å². The summed E-state index contributed by atoms with van der Waals surface area (Å²) in [7, 11) is 0. The molecular formula is C16H12FNO2S. The van der Waals surface area contributed by atoms with Crippen LogP contribution in [0.15, 0.2) is 64.5 Å². The van der Waals surface area contributed by atoms with Gasteiger partial charge in [0.25, 0.3) is 0 Å². The Balaban J connectivity index is 1.86. The van der Waals surface area contributed by atoms with Crippen molar-refractivity contribution in [3.63, 3.8) is 0 Å². The van der Waals surface area contributed by atoms with Crippen molar-refractivity contribution in [2.45, 2.75) is 16.8 Å². The molecule has 1 atom stereocenters. The van der Waals surface area contributed by atoms with Gasteiger partial charge in [-0.3, -0.25) is 4.79 Å². The molecule has 0 unspecified atom stereocenters. The predicted molar refractivity (Wildman–Crippen MR) is 79.7 cm³/mol. The molecule has 0 saturated heterocycles. The fourth-order valence-electron chi connectivity index (χ4n) is 1.97. The fourth-order valence-corrected chi connectivity index (χ4v) is 2.97. The standard InChI is InChI=1S/C16H12FNO2S/c1-16(21-11-7-3-2-4-8-11)15(19)18-14(20-16)12-9-5-6-10-13(12)17/h2-10H,1H3/t16-/m0/s1. The van der Waals surface area contributed by atoms with Crippen molar-refractivity contribution in [1.82, 2.24) is 0 Å². The van der Waals surface area contributed by atoms with E-state index in [4.69, 9.17) is 4.74 Å². The fraction of sp³-hybridized carbons (Fsp3) is 0.125. The molecule has 21 heavy (non-hydrogen) atoms. The van der Waals surface area contributed by atoms with Crippen molar-refractivity contribution in [2.75, 3.05) is 0 Å². The molecule has 106 valence electrons. The normalized spacial score (nSPS) is 21.0. The summed E-state index contributed by atoms with van der Waals surface area (Å²) < 4.78 is 19.4. The van der Waals surface area contributed by atoms with E-state index in [0.717, 1.165) is 4.90 Å². The molecule has 1 amide bonds. The lowest BCUT2D eigenvalue weighted by atomic mass is 10.2. The third-order valence-corrected chi connectivity index (χ3v) is 4.20. The van der Waals surface area contributed by atoms with Gasteiger partial charge in [-0.1, -0.05) is 42.1 Å². The van der Waals surface area contributed by atoms with Crippen molar-refractivity contribution in [2.24, 2.45) is 4.99 Å². The quantitative estimate of drug-likeness (QED) is 0.869. The third-order valence-electron chi connectivity index (χ3n) is 3.04. The molecule has 2 aromatic rings. The molecule has 0 fully saturated rings. The van der Waals surface area contributed by atoms with Crippen LogP contribution in [0.5, 0.6) is 0 Å². The number of ether oxygens (including phenoxy) is 1. The second-order valence-electron chi connectivity index (χ2n) is 4.66.